The van der Waals surface area contributed by atoms with Gasteiger partial charge in [0.25, 0.3) is 11.4 Å². The number of nitro benzene ring substituents is 2. The van der Waals surface area contributed by atoms with Crippen LogP contribution >= 0.6 is 11.8 Å². The van der Waals surface area contributed by atoms with E-state index in [1.807, 2.05) is 6.07 Å². The van der Waals surface area contributed by atoms with Crippen molar-refractivity contribution in [2.45, 2.75) is 11.8 Å². The van der Waals surface area contributed by atoms with E-state index < -0.39 is 9.85 Å². The molecule has 156 valence electrons. The first-order valence-electron chi connectivity index (χ1n) is 9.18. The minimum absolute atomic E-state index is 0.0535. The third-order valence-corrected chi connectivity index (χ3v) is 4.88. The summed E-state index contributed by atoms with van der Waals surface area (Å²) in [4.78, 5) is 33.7. The second kappa shape index (κ2) is 10.1. The van der Waals surface area contributed by atoms with Gasteiger partial charge in [-0.15, -0.1) is 0 Å². The summed E-state index contributed by atoms with van der Waals surface area (Å²) in [6.07, 6.45) is 0. The Morgan fingerprint density at radius 3 is 1.66 bits per heavy atom. The van der Waals surface area contributed by atoms with Gasteiger partial charge in [-0.1, -0.05) is 53.6 Å². The van der Waals surface area contributed by atoms with Crippen molar-refractivity contribution in [3.05, 3.63) is 109 Å². The van der Waals surface area contributed by atoms with Crippen molar-refractivity contribution >= 4 is 28.3 Å². The molecule has 0 saturated carbocycles. The number of carbonyl (C=O) groups excluding carboxylic acids is 1. The van der Waals surface area contributed by atoms with Crippen LogP contribution in [-0.2, 0) is 4.79 Å². The van der Waals surface area contributed by atoms with E-state index >= 15 is 0 Å². The molecule has 0 aliphatic carbocycles. The van der Waals surface area contributed by atoms with Crippen LogP contribution in [0.4, 0.5) is 11.4 Å². The van der Waals surface area contributed by atoms with Gasteiger partial charge in [-0.25, -0.2) is 0 Å². The van der Waals surface area contributed by atoms with Gasteiger partial charge in [0.05, 0.1) is 9.85 Å². The molecule has 0 saturated heterocycles. The molecular weight excluding hydrogens is 428 g/mol. The van der Waals surface area contributed by atoms with E-state index in [2.05, 4.69) is 23.7 Å². The van der Waals surface area contributed by atoms with E-state index in [1.54, 1.807) is 48.5 Å². The van der Waals surface area contributed by atoms with E-state index in [1.165, 1.54) is 6.92 Å². The summed E-state index contributed by atoms with van der Waals surface area (Å²) in [5.41, 5.74) is 0.277. The molecule has 0 unspecified atom stereocenters. The van der Waals surface area contributed by atoms with Crippen LogP contribution in [0.2, 0.25) is 0 Å². The molecule has 32 heavy (non-hydrogen) atoms. The molecule has 3 aromatic rings. The van der Waals surface area contributed by atoms with Crippen molar-refractivity contribution in [3.8, 4) is 23.7 Å². The molecule has 0 bridgehead atoms. The maximum atomic E-state index is 11.6. The van der Waals surface area contributed by atoms with E-state index in [4.69, 9.17) is 0 Å². The number of benzene rings is 3. The summed E-state index contributed by atoms with van der Waals surface area (Å²) in [6.45, 7) is 1.46. The lowest BCUT2D eigenvalue weighted by Crippen LogP contribution is -1.99. The van der Waals surface area contributed by atoms with Gasteiger partial charge >= 0.3 is 0 Å². The summed E-state index contributed by atoms with van der Waals surface area (Å²) in [7, 11) is 0. The van der Waals surface area contributed by atoms with Gasteiger partial charge < -0.3 is 0 Å². The van der Waals surface area contributed by atoms with Crippen LogP contribution < -0.4 is 0 Å². The summed E-state index contributed by atoms with van der Waals surface area (Å²) in [5, 5.41) is 23.1. The minimum atomic E-state index is -0.645. The molecule has 0 fully saturated rings. The average Bonchev–Trinajstić information content (AvgIpc) is 2.77. The van der Waals surface area contributed by atoms with Crippen LogP contribution in [0, 0.1) is 43.9 Å². The highest BCUT2D eigenvalue weighted by atomic mass is 32.2. The van der Waals surface area contributed by atoms with Crippen LogP contribution in [0.3, 0.4) is 0 Å². The first-order chi connectivity index (χ1) is 15.3. The Bertz CT molecular complexity index is 1330. The molecular formula is C24H14N2O5S. The fraction of sp³-hybridized carbons (Fsp3) is 0.0417. The van der Waals surface area contributed by atoms with Crippen molar-refractivity contribution in [2.75, 3.05) is 0 Å². The molecule has 3 rings (SSSR count). The molecule has 7 nitrogen and oxygen atoms in total. The summed E-state index contributed by atoms with van der Waals surface area (Å²) in [5.74, 6) is 10.9. The zero-order valence-corrected chi connectivity index (χ0v) is 17.5. The normalized spacial score (nSPS) is 9.66. The number of nitrogens with zero attached hydrogens (tertiary/aromatic N) is 2. The van der Waals surface area contributed by atoms with Gasteiger partial charge in [0.2, 0.25) is 0 Å². The molecule has 0 aromatic heterocycles. The third kappa shape index (κ3) is 5.82. The molecule has 0 radical (unpaired) electrons. The molecule has 3 aromatic carbocycles. The third-order valence-electron chi connectivity index (χ3n) is 4.08. The number of hydrogen-bond donors (Lipinski definition) is 0. The van der Waals surface area contributed by atoms with Crippen molar-refractivity contribution in [1.29, 1.82) is 0 Å². The summed E-state index contributed by atoms with van der Waals surface area (Å²) in [6, 6.07) is 17.7. The second-order valence-corrected chi connectivity index (χ2v) is 7.64. The highest BCUT2D eigenvalue weighted by Gasteiger charge is 2.22. The number of carbonyl (C=O) groups is 1. The fourth-order valence-electron chi connectivity index (χ4n) is 2.65. The first-order valence-corrected chi connectivity index (χ1v) is 9.99. The standard InChI is InChI=1S/C24H14N2O5S/c1-17(27)32-22-13-9-19(10-14-22)8-12-21-16-23(25(28)29)20(15-24(21)26(30)31)11-7-18-5-3-2-4-6-18/h2-6,9-10,13-16H,1H3. The van der Waals surface area contributed by atoms with Gasteiger partial charge in [0.15, 0.2) is 5.12 Å². The van der Waals surface area contributed by atoms with Crippen molar-refractivity contribution in [3.63, 3.8) is 0 Å². The van der Waals surface area contributed by atoms with Gasteiger partial charge in [-0.05, 0) is 36.4 Å². The second-order valence-electron chi connectivity index (χ2n) is 6.38. The van der Waals surface area contributed by atoms with Crippen LogP contribution in [0.5, 0.6) is 0 Å². The number of rotatable bonds is 3. The molecule has 0 atom stereocenters. The Balaban J connectivity index is 2.02. The monoisotopic (exact) mass is 442 g/mol. The topological polar surface area (TPSA) is 103 Å². The maximum absolute atomic E-state index is 11.6. The first kappa shape index (κ1) is 22.3. The lowest BCUT2D eigenvalue weighted by atomic mass is 10.1. The molecule has 0 N–H and O–H groups in total. The SMILES string of the molecule is CC(=O)Sc1ccc(C#Cc2cc([N+](=O)[O-])c(C#Cc3ccccc3)cc2[N+](=O)[O-])cc1. The predicted octanol–water partition coefficient (Wildman–Crippen LogP) is 4.94. The summed E-state index contributed by atoms with van der Waals surface area (Å²) >= 11 is 1.07. The van der Waals surface area contributed by atoms with Crippen LogP contribution in [0.15, 0.2) is 71.6 Å². The Morgan fingerprint density at radius 1 is 0.750 bits per heavy atom. The van der Waals surface area contributed by atoms with Crippen LogP contribution in [0.1, 0.15) is 29.2 Å². The van der Waals surface area contributed by atoms with Gasteiger partial charge in [0.1, 0.15) is 11.1 Å². The predicted molar refractivity (Wildman–Crippen MR) is 121 cm³/mol. The van der Waals surface area contributed by atoms with E-state index in [0.717, 1.165) is 28.8 Å². The van der Waals surface area contributed by atoms with Crippen molar-refractivity contribution in [1.82, 2.24) is 0 Å². The van der Waals surface area contributed by atoms with E-state index in [0.29, 0.717) is 11.1 Å². The quantitative estimate of drug-likeness (QED) is 0.246. The van der Waals surface area contributed by atoms with E-state index in [9.17, 15) is 25.0 Å². The molecule has 0 amide bonds. The van der Waals surface area contributed by atoms with Gasteiger partial charge in [-0.3, -0.25) is 25.0 Å². The Kier molecular flexibility index (Phi) is 7.02. The lowest BCUT2D eigenvalue weighted by Gasteiger charge is -2.00. The molecule has 0 heterocycles. The zero-order chi connectivity index (χ0) is 23.1. The molecule has 0 spiro atoms. The van der Waals surface area contributed by atoms with Crippen LogP contribution in [-0.4, -0.2) is 15.0 Å². The minimum Gasteiger partial charge on any atom is -0.287 e. The molecule has 0 aliphatic rings. The number of thioether (sulfide) groups is 1. The summed E-state index contributed by atoms with van der Waals surface area (Å²) < 4.78 is 0. The fourth-order valence-corrected chi connectivity index (χ4v) is 3.26. The molecule has 8 heteroatoms. The van der Waals surface area contributed by atoms with Crippen molar-refractivity contribution in [2.24, 2.45) is 0 Å². The zero-order valence-electron chi connectivity index (χ0n) is 16.7. The number of nitro groups is 2. The Hall–Kier alpha value is -4.40. The largest absolute Gasteiger partial charge is 0.287 e. The van der Waals surface area contributed by atoms with Crippen LogP contribution in [0.25, 0.3) is 0 Å². The highest BCUT2D eigenvalue weighted by Crippen LogP contribution is 2.28. The molecule has 0 aliphatic heterocycles. The van der Waals surface area contributed by atoms with Gasteiger partial charge in [0, 0.05) is 35.1 Å². The Morgan fingerprint density at radius 2 is 1.22 bits per heavy atom. The highest BCUT2D eigenvalue weighted by molar-refractivity contribution is 8.13. The van der Waals surface area contributed by atoms with Crippen molar-refractivity contribution < 1.29 is 14.6 Å². The van der Waals surface area contributed by atoms with Gasteiger partial charge in [-0.2, -0.15) is 0 Å². The maximum Gasteiger partial charge on any atom is 0.286 e. The van der Waals surface area contributed by atoms with E-state index in [-0.39, 0.29) is 27.6 Å². The Labute approximate surface area is 187 Å². The smallest absolute Gasteiger partial charge is 0.286 e. The number of hydrogen-bond acceptors (Lipinski definition) is 6. The average molecular weight is 442 g/mol. The lowest BCUT2D eigenvalue weighted by molar-refractivity contribution is -0.389.